The number of methoxy groups -OCH3 is 1. The van der Waals surface area contributed by atoms with E-state index >= 15 is 0 Å². The Morgan fingerprint density at radius 1 is 0.581 bits per heavy atom. The second-order valence-corrected chi connectivity index (χ2v) is 11.1. The molecule has 0 heterocycles. The van der Waals surface area contributed by atoms with E-state index in [1.165, 1.54) is 5.71 Å². The predicted octanol–water partition coefficient (Wildman–Crippen LogP) is 9.36. The molecule has 2 nitrogen and oxygen atoms in total. The molecule has 2 heteroatoms. The highest BCUT2D eigenvalue weighted by Gasteiger charge is 2.67. The largest absolute Gasteiger partial charge is 0.378 e. The summed E-state index contributed by atoms with van der Waals surface area (Å²) in [6.45, 7) is 31.7. The minimum Gasteiger partial charge on any atom is -0.378 e. The van der Waals surface area contributed by atoms with Crippen LogP contribution in [0.25, 0.3) is 0 Å². The summed E-state index contributed by atoms with van der Waals surface area (Å²) in [7, 11) is 3.92. The van der Waals surface area contributed by atoms with Crippen molar-refractivity contribution in [1.82, 2.24) is 0 Å². The first-order valence-corrected chi connectivity index (χ1v) is 13.2. The maximum absolute atomic E-state index is 6.48. The van der Waals surface area contributed by atoms with Crippen LogP contribution >= 0.6 is 0 Å². The average Bonchev–Trinajstić information content (AvgIpc) is 2.81. The minimum absolute atomic E-state index is 0.0418. The molecule has 0 aliphatic heterocycles. The highest BCUT2D eigenvalue weighted by atomic mass is 16.5. The van der Waals surface area contributed by atoms with Gasteiger partial charge in [-0.1, -0.05) is 83.1 Å². The van der Waals surface area contributed by atoms with Crippen molar-refractivity contribution in [3.63, 3.8) is 0 Å². The van der Waals surface area contributed by atoms with E-state index in [0.717, 1.165) is 44.9 Å². The minimum atomic E-state index is -0.131. The van der Waals surface area contributed by atoms with Crippen LogP contribution in [0.1, 0.15) is 135 Å². The van der Waals surface area contributed by atoms with Crippen LogP contribution in [0, 0.1) is 27.1 Å². The highest BCUT2D eigenvalue weighted by Crippen LogP contribution is 2.72. The third kappa shape index (κ3) is 3.85. The Kier molecular flexibility index (Phi) is 10.6. The molecular formula is C29H59NO. The number of ether oxygens (including phenoxy) is 1. The van der Waals surface area contributed by atoms with Gasteiger partial charge in [0.15, 0.2) is 0 Å². The third-order valence-electron chi connectivity index (χ3n) is 12.1. The molecule has 0 rings (SSSR count). The lowest BCUT2D eigenvalue weighted by Gasteiger charge is -2.70. The Morgan fingerprint density at radius 3 is 1.16 bits per heavy atom. The Balaban J connectivity index is 7.50. The zero-order valence-electron chi connectivity index (χ0n) is 24.3. The van der Waals surface area contributed by atoms with Gasteiger partial charge in [-0.05, 0) is 68.1 Å². The van der Waals surface area contributed by atoms with Crippen molar-refractivity contribution in [3.05, 3.63) is 0 Å². The van der Waals surface area contributed by atoms with E-state index < -0.39 is 0 Å². The first-order valence-electron chi connectivity index (χ1n) is 13.2. The number of aliphatic imine (C=N–C) groups is 1. The summed E-state index contributed by atoms with van der Waals surface area (Å²) in [6, 6.07) is 0. The van der Waals surface area contributed by atoms with Gasteiger partial charge >= 0.3 is 0 Å². The lowest BCUT2D eigenvalue weighted by atomic mass is 9.35. The van der Waals surface area contributed by atoms with E-state index in [1.54, 1.807) is 0 Å². The second-order valence-electron chi connectivity index (χ2n) is 11.1. The van der Waals surface area contributed by atoms with Crippen LogP contribution in [-0.2, 0) is 4.74 Å². The molecule has 0 saturated heterocycles. The van der Waals surface area contributed by atoms with Crippen LogP contribution in [0.3, 0.4) is 0 Å². The zero-order chi connectivity index (χ0) is 24.9. The molecule has 186 valence electrons. The molecule has 0 spiro atoms. The zero-order valence-corrected chi connectivity index (χ0v) is 24.3. The van der Waals surface area contributed by atoms with Gasteiger partial charge in [-0.25, -0.2) is 0 Å². The smallest absolute Gasteiger partial charge is 0.0732 e. The predicted molar refractivity (Wildman–Crippen MR) is 141 cm³/mol. The van der Waals surface area contributed by atoms with Gasteiger partial charge in [-0.3, -0.25) is 4.99 Å². The number of hydrogen-bond acceptors (Lipinski definition) is 2. The van der Waals surface area contributed by atoms with E-state index in [0.29, 0.717) is 0 Å². The molecule has 0 aromatic carbocycles. The van der Waals surface area contributed by atoms with Crippen LogP contribution in [0.2, 0.25) is 0 Å². The number of nitrogens with zero attached hydrogens (tertiary/aromatic N) is 1. The van der Waals surface area contributed by atoms with E-state index in [2.05, 4.69) is 90.0 Å². The quantitative estimate of drug-likeness (QED) is 0.248. The van der Waals surface area contributed by atoms with Gasteiger partial charge in [-0.15, -0.1) is 0 Å². The summed E-state index contributed by atoms with van der Waals surface area (Å²) in [6.07, 6.45) is 7.75. The van der Waals surface area contributed by atoms with Gasteiger partial charge in [-0.2, -0.15) is 0 Å². The van der Waals surface area contributed by atoms with Crippen LogP contribution in [0.15, 0.2) is 4.99 Å². The molecule has 0 radical (unpaired) electrons. The molecule has 0 amide bonds. The fraction of sp³-hybridized carbons (Fsp3) is 0.966. The van der Waals surface area contributed by atoms with Crippen molar-refractivity contribution in [3.8, 4) is 0 Å². The fourth-order valence-electron chi connectivity index (χ4n) is 8.22. The molecule has 5 atom stereocenters. The Morgan fingerprint density at radius 2 is 0.935 bits per heavy atom. The average molecular weight is 438 g/mol. The maximum atomic E-state index is 6.48. The Bertz CT molecular complexity index is 585. The number of rotatable bonds is 14. The monoisotopic (exact) mass is 437 g/mol. The van der Waals surface area contributed by atoms with Crippen molar-refractivity contribution in [2.75, 3.05) is 14.2 Å². The fourth-order valence-corrected chi connectivity index (χ4v) is 8.22. The van der Waals surface area contributed by atoms with Gasteiger partial charge in [0.2, 0.25) is 0 Å². The molecule has 31 heavy (non-hydrogen) atoms. The topological polar surface area (TPSA) is 21.6 Å². The molecule has 0 aliphatic rings. The van der Waals surface area contributed by atoms with Gasteiger partial charge in [0.25, 0.3) is 0 Å². The first kappa shape index (κ1) is 30.6. The molecule has 5 unspecified atom stereocenters. The van der Waals surface area contributed by atoms with Crippen molar-refractivity contribution >= 4 is 5.71 Å². The molecule has 0 bridgehead atoms. The van der Waals surface area contributed by atoms with Crippen molar-refractivity contribution in [2.45, 2.75) is 141 Å². The van der Waals surface area contributed by atoms with Crippen LogP contribution in [-0.4, -0.2) is 25.5 Å². The summed E-state index contributed by atoms with van der Waals surface area (Å²) in [5.74, 6) is 0. The van der Waals surface area contributed by atoms with E-state index in [4.69, 9.17) is 9.73 Å². The lowest BCUT2D eigenvalue weighted by Crippen LogP contribution is -2.66. The molecule has 0 N–H and O–H groups in total. The standard InChI is InChI=1S/C29H59NO/c1-16-24(9,23(8)30-14)25(10,17-2)26(11,18-3)27(12,19-4)28(13,20-5)29(21-6,22-7)31-15/h16-22H2,1-15H3. The second kappa shape index (κ2) is 10.7. The Labute approximate surface area is 197 Å². The van der Waals surface area contributed by atoms with Crippen LogP contribution < -0.4 is 0 Å². The Hall–Kier alpha value is -0.370. The van der Waals surface area contributed by atoms with Crippen LogP contribution in [0.5, 0.6) is 0 Å². The van der Waals surface area contributed by atoms with E-state index in [1.807, 2.05) is 14.2 Å². The molecule has 0 aromatic rings. The van der Waals surface area contributed by atoms with Crippen LogP contribution in [0.4, 0.5) is 0 Å². The molecule has 0 saturated carbocycles. The molecular weight excluding hydrogens is 378 g/mol. The maximum Gasteiger partial charge on any atom is 0.0732 e. The molecule has 0 aromatic heterocycles. The van der Waals surface area contributed by atoms with Gasteiger partial charge in [0, 0.05) is 30.7 Å². The lowest BCUT2D eigenvalue weighted by molar-refractivity contribution is -0.241. The first-order chi connectivity index (χ1) is 14.2. The van der Waals surface area contributed by atoms with Crippen molar-refractivity contribution in [1.29, 1.82) is 0 Å². The molecule has 0 fully saturated rings. The summed E-state index contributed by atoms with van der Waals surface area (Å²) < 4.78 is 6.48. The number of hydrogen-bond donors (Lipinski definition) is 0. The van der Waals surface area contributed by atoms with Gasteiger partial charge < -0.3 is 4.74 Å². The van der Waals surface area contributed by atoms with E-state index in [9.17, 15) is 0 Å². The summed E-state index contributed by atoms with van der Waals surface area (Å²) in [5, 5.41) is 0. The normalized spacial score (nSPS) is 23.3. The highest BCUT2D eigenvalue weighted by molar-refractivity contribution is 5.88. The summed E-state index contributed by atoms with van der Waals surface area (Å²) in [5.41, 5.74) is 1.52. The van der Waals surface area contributed by atoms with Crippen molar-refractivity contribution in [2.24, 2.45) is 32.1 Å². The third-order valence-corrected chi connectivity index (χ3v) is 12.1. The van der Waals surface area contributed by atoms with Gasteiger partial charge in [0.1, 0.15) is 0 Å². The summed E-state index contributed by atoms with van der Waals surface area (Å²) in [4.78, 5) is 4.77. The van der Waals surface area contributed by atoms with E-state index in [-0.39, 0.29) is 32.7 Å². The van der Waals surface area contributed by atoms with Gasteiger partial charge in [0.05, 0.1) is 5.60 Å². The molecule has 0 aliphatic carbocycles. The summed E-state index contributed by atoms with van der Waals surface area (Å²) >= 11 is 0. The SMILES string of the molecule is CCC(CC)(OC)C(C)(CC)C(C)(CC)C(C)(CC)C(C)(CC)C(C)(CC)C(C)=NC. The van der Waals surface area contributed by atoms with Crippen molar-refractivity contribution < 1.29 is 4.74 Å².